The van der Waals surface area contributed by atoms with Crippen LogP contribution in [0.4, 0.5) is 0 Å². The quantitative estimate of drug-likeness (QED) is 0.809. The fourth-order valence-corrected chi connectivity index (χ4v) is 2.86. The van der Waals surface area contributed by atoms with Gasteiger partial charge >= 0.3 is 5.97 Å². The van der Waals surface area contributed by atoms with E-state index in [0.717, 1.165) is 6.42 Å². The SMILES string of the molecule is O=C(O)CCS(=O)CCc1cccs1. The molecule has 0 aliphatic heterocycles. The van der Waals surface area contributed by atoms with Crippen molar-refractivity contribution in [1.82, 2.24) is 0 Å². The van der Waals surface area contributed by atoms with Gasteiger partial charge in [0, 0.05) is 27.2 Å². The first-order chi connectivity index (χ1) is 6.68. The number of aliphatic carboxylic acids is 1. The summed E-state index contributed by atoms with van der Waals surface area (Å²) in [6, 6.07) is 3.96. The minimum absolute atomic E-state index is 0.00293. The van der Waals surface area contributed by atoms with E-state index in [0.29, 0.717) is 5.75 Å². The van der Waals surface area contributed by atoms with Gasteiger partial charge in [-0.05, 0) is 17.9 Å². The molecule has 1 N–H and O–H groups in total. The Balaban J connectivity index is 2.18. The Morgan fingerprint density at radius 1 is 1.50 bits per heavy atom. The molecule has 1 aromatic rings. The maximum absolute atomic E-state index is 11.3. The first-order valence-electron chi connectivity index (χ1n) is 4.27. The molecule has 0 spiro atoms. The second kappa shape index (κ2) is 5.93. The van der Waals surface area contributed by atoms with Gasteiger partial charge in [0.1, 0.15) is 0 Å². The van der Waals surface area contributed by atoms with Crippen molar-refractivity contribution >= 4 is 28.1 Å². The zero-order chi connectivity index (χ0) is 10.4. The van der Waals surface area contributed by atoms with Gasteiger partial charge in [-0.3, -0.25) is 9.00 Å². The fraction of sp³-hybridized carbons (Fsp3) is 0.444. The highest BCUT2D eigenvalue weighted by Crippen LogP contribution is 2.09. The molecule has 0 saturated carbocycles. The van der Waals surface area contributed by atoms with E-state index in [4.69, 9.17) is 5.11 Å². The molecule has 1 atom stereocenters. The maximum atomic E-state index is 11.3. The molecule has 3 nitrogen and oxygen atoms in total. The van der Waals surface area contributed by atoms with Crippen molar-refractivity contribution in [3.05, 3.63) is 22.4 Å². The summed E-state index contributed by atoms with van der Waals surface area (Å²) in [7, 11) is -0.999. The zero-order valence-electron chi connectivity index (χ0n) is 7.64. The Morgan fingerprint density at radius 3 is 2.86 bits per heavy atom. The van der Waals surface area contributed by atoms with Gasteiger partial charge in [-0.25, -0.2) is 0 Å². The predicted molar refractivity (Wildman–Crippen MR) is 58.2 cm³/mol. The highest BCUT2D eigenvalue weighted by atomic mass is 32.2. The Hall–Kier alpha value is -0.680. The summed E-state index contributed by atoms with van der Waals surface area (Å²) in [4.78, 5) is 11.4. The van der Waals surface area contributed by atoms with Crippen LogP contribution in [-0.4, -0.2) is 26.8 Å². The summed E-state index contributed by atoms with van der Waals surface area (Å²) in [5.41, 5.74) is 0. The second-order valence-corrected chi connectivity index (χ2v) is 5.55. The fourth-order valence-electron chi connectivity index (χ4n) is 0.972. The van der Waals surface area contributed by atoms with Crippen LogP contribution in [0.3, 0.4) is 0 Å². The molecule has 78 valence electrons. The van der Waals surface area contributed by atoms with Crippen LogP contribution in [0.1, 0.15) is 11.3 Å². The van der Waals surface area contributed by atoms with E-state index in [1.807, 2.05) is 17.5 Å². The van der Waals surface area contributed by atoms with Crippen molar-refractivity contribution in [3.8, 4) is 0 Å². The van der Waals surface area contributed by atoms with E-state index in [9.17, 15) is 9.00 Å². The normalized spacial score (nSPS) is 12.6. The number of carbonyl (C=O) groups is 1. The molecular formula is C9H12O3S2. The summed E-state index contributed by atoms with van der Waals surface area (Å²) in [6.07, 6.45) is 0.779. The molecule has 0 aliphatic rings. The van der Waals surface area contributed by atoms with Crippen LogP contribution in [0.15, 0.2) is 17.5 Å². The minimum Gasteiger partial charge on any atom is -0.481 e. The monoisotopic (exact) mass is 232 g/mol. The Kier molecular flexibility index (Phi) is 4.82. The summed E-state index contributed by atoms with van der Waals surface area (Å²) in [5.74, 6) is -0.0522. The Bertz CT molecular complexity index is 306. The number of hydrogen-bond acceptors (Lipinski definition) is 3. The van der Waals surface area contributed by atoms with Gasteiger partial charge < -0.3 is 5.11 Å². The van der Waals surface area contributed by atoms with Crippen LogP contribution in [0.25, 0.3) is 0 Å². The summed E-state index contributed by atoms with van der Waals surface area (Å²) in [6.45, 7) is 0. The van der Waals surface area contributed by atoms with Crippen molar-refractivity contribution in [2.24, 2.45) is 0 Å². The molecule has 0 amide bonds. The van der Waals surface area contributed by atoms with Crippen molar-refractivity contribution in [2.45, 2.75) is 12.8 Å². The molecule has 1 aromatic heterocycles. The molecule has 0 saturated heterocycles. The van der Waals surface area contributed by atoms with Crippen LogP contribution in [0.2, 0.25) is 0 Å². The topological polar surface area (TPSA) is 54.4 Å². The van der Waals surface area contributed by atoms with Gasteiger partial charge in [-0.2, -0.15) is 0 Å². The molecule has 1 heterocycles. The average molecular weight is 232 g/mol. The lowest BCUT2D eigenvalue weighted by molar-refractivity contribution is -0.136. The number of hydrogen-bond donors (Lipinski definition) is 1. The van der Waals surface area contributed by atoms with E-state index < -0.39 is 16.8 Å². The van der Waals surface area contributed by atoms with Gasteiger partial charge in [0.2, 0.25) is 0 Å². The van der Waals surface area contributed by atoms with Crippen LogP contribution < -0.4 is 0 Å². The predicted octanol–water partition coefficient (Wildman–Crippen LogP) is 1.51. The average Bonchev–Trinajstić information content (AvgIpc) is 2.63. The Morgan fingerprint density at radius 2 is 2.29 bits per heavy atom. The Labute approximate surface area is 89.2 Å². The summed E-state index contributed by atoms with van der Waals surface area (Å²) >= 11 is 1.64. The number of aryl methyl sites for hydroxylation is 1. The zero-order valence-corrected chi connectivity index (χ0v) is 9.27. The van der Waals surface area contributed by atoms with Crippen molar-refractivity contribution in [1.29, 1.82) is 0 Å². The summed E-state index contributed by atoms with van der Waals surface area (Å²) < 4.78 is 11.3. The lowest BCUT2D eigenvalue weighted by Gasteiger charge is -1.98. The van der Waals surface area contributed by atoms with E-state index >= 15 is 0 Å². The number of carboxylic acids is 1. The van der Waals surface area contributed by atoms with Crippen LogP contribution in [0.5, 0.6) is 0 Å². The van der Waals surface area contributed by atoms with Gasteiger partial charge in [0.05, 0.1) is 6.42 Å². The third-order valence-corrected chi connectivity index (χ3v) is 3.95. The third-order valence-electron chi connectivity index (χ3n) is 1.70. The van der Waals surface area contributed by atoms with Crippen molar-refractivity contribution < 1.29 is 14.1 Å². The van der Waals surface area contributed by atoms with Crippen molar-refractivity contribution in [2.75, 3.05) is 11.5 Å². The van der Waals surface area contributed by atoms with Gasteiger partial charge in [0.15, 0.2) is 0 Å². The third kappa shape index (κ3) is 4.53. The van der Waals surface area contributed by atoms with Gasteiger partial charge in [-0.15, -0.1) is 11.3 Å². The number of rotatable bonds is 6. The highest BCUT2D eigenvalue weighted by Gasteiger charge is 2.04. The molecule has 14 heavy (non-hydrogen) atoms. The molecule has 0 radical (unpaired) electrons. The van der Waals surface area contributed by atoms with Crippen LogP contribution >= 0.6 is 11.3 Å². The first kappa shape index (κ1) is 11.4. The summed E-state index contributed by atoms with van der Waals surface area (Å²) in [5, 5.41) is 10.4. The minimum atomic E-state index is -0.999. The lowest BCUT2D eigenvalue weighted by Crippen LogP contribution is -2.08. The van der Waals surface area contributed by atoms with E-state index in [1.54, 1.807) is 11.3 Å². The van der Waals surface area contributed by atoms with Crippen molar-refractivity contribution in [3.63, 3.8) is 0 Å². The van der Waals surface area contributed by atoms with Gasteiger partial charge in [-0.1, -0.05) is 6.07 Å². The standard InChI is InChI=1S/C9H12O3S2/c10-9(11)4-7-14(12)6-3-8-2-1-5-13-8/h1-2,5H,3-4,6-7H2,(H,10,11). The second-order valence-electron chi connectivity index (χ2n) is 2.82. The molecule has 0 aliphatic carbocycles. The molecule has 0 bridgehead atoms. The van der Waals surface area contributed by atoms with Crippen LogP contribution in [0, 0.1) is 0 Å². The smallest absolute Gasteiger partial charge is 0.304 e. The first-order valence-corrected chi connectivity index (χ1v) is 6.64. The lowest BCUT2D eigenvalue weighted by atomic mass is 10.4. The molecule has 1 unspecified atom stereocenters. The number of carboxylic acid groups (broad SMARTS) is 1. The molecule has 1 rings (SSSR count). The van der Waals surface area contributed by atoms with E-state index in [2.05, 4.69) is 0 Å². The maximum Gasteiger partial charge on any atom is 0.304 e. The van der Waals surface area contributed by atoms with E-state index in [1.165, 1.54) is 4.88 Å². The number of thiophene rings is 1. The molecule has 5 heteroatoms. The highest BCUT2D eigenvalue weighted by molar-refractivity contribution is 7.85. The molecule has 0 fully saturated rings. The van der Waals surface area contributed by atoms with Crippen LogP contribution in [-0.2, 0) is 22.0 Å². The molecule has 0 aromatic carbocycles. The molecular weight excluding hydrogens is 220 g/mol. The van der Waals surface area contributed by atoms with E-state index in [-0.39, 0.29) is 12.2 Å². The van der Waals surface area contributed by atoms with Gasteiger partial charge in [0.25, 0.3) is 0 Å². The largest absolute Gasteiger partial charge is 0.481 e.